The largest absolute Gasteiger partial charge is 0.284 e. The van der Waals surface area contributed by atoms with Crippen molar-refractivity contribution in [1.82, 2.24) is 0 Å². The van der Waals surface area contributed by atoms with E-state index in [-0.39, 0.29) is 0 Å². The second kappa shape index (κ2) is 3.95. The summed E-state index contributed by atoms with van der Waals surface area (Å²) in [7, 11) is 0. The van der Waals surface area contributed by atoms with Crippen LogP contribution in [-0.2, 0) is 0 Å². The van der Waals surface area contributed by atoms with Crippen molar-refractivity contribution >= 4 is 21.6 Å². The molecule has 0 atom stereocenters. The minimum Gasteiger partial charge on any atom is -0.258 e. The number of benzene rings is 1. The summed E-state index contributed by atoms with van der Waals surface area (Å²) < 4.78 is 36.8. The molecule has 0 aliphatic heterocycles. The van der Waals surface area contributed by atoms with E-state index in [1.165, 1.54) is 0 Å². The lowest BCUT2D eigenvalue weighted by Gasteiger charge is -2.04. The smallest absolute Gasteiger partial charge is 0.258 e. The molecule has 0 saturated heterocycles. The van der Waals surface area contributed by atoms with E-state index in [0.29, 0.717) is 6.07 Å². The fourth-order valence-electron chi connectivity index (χ4n) is 0.899. The van der Waals surface area contributed by atoms with Gasteiger partial charge in [-0.25, -0.2) is 13.2 Å². The van der Waals surface area contributed by atoms with Crippen LogP contribution in [0.5, 0.6) is 0 Å². The van der Waals surface area contributed by atoms with Crippen LogP contribution in [0.25, 0.3) is 0 Å². The number of nitro groups is 1. The zero-order valence-corrected chi connectivity index (χ0v) is 8.09. The van der Waals surface area contributed by atoms with Gasteiger partial charge in [-0.05, 0) is 22.0 Å². The Morgan fingerprint density at radius 2 is 2.00 bits per heavy atom. The lowest BCUT2D eigenvalue weighted by molar-refractivity contribution is -0.385. The highest BCUT2D eigenvalue weighted by atomic mass is 79.9. The molecule has 76 valence electrons. The number of hydrogen-bond acceptors (Lipinski definition) is 2. The van der Waals surface area contributed by atoms with Gasteiger partial charge in [0.25, 0.3) is 12.1 Å². The maximum absolute atomic E-state index is 12.8. The van der Waals surface area contributed by atoms with Gasteiger partial charge in [0.2, 0.25) is 0 Å². The van der Waals surface area contributed by atoms with Crippen molar-refractivity contribution in [2.45, 2.75) is 6.43 Å². The lowest BCUT2D eigenvalue weighted by atomic mass is 10.2. The number of nitro benzene ring substituents is 1. The molecule has 0 N–H and O–H groups in total. The third-order valence-corrected chi connectivity index (χ3v) is 2.35. The van der Waals surface area contributed by atoms with Gasteiger partial charge in [0, 0.05) is 6.07 Å². The second-order valence-corrected chi connectivity index (χ2v) is 3.14. The Labute approximate surface area is 84.8 Å². The lowest BCUT2D eigenvalue weighted by Crippen LogP contribution is -1.97. The molecule has 0 spiro atoms. The van der Waals surface area contributed by atoms with E-state index in [2.05, 4.69) is 15.9 Å². The summed E-state index contributed by atoms with van der Waals surface area (Å²) in [5.74, 6) is -1.17. The Kier molecular flexibility index (Phi) is 3.10. The molecule has 0 aliphatic rings. The Balaban J connectivity index is 3.41. The molecule has 1 rings (SSSR count). The van der Waals surface area contributed by atoms with Crippen molar-refractivity contribution < 1.29 is 18.1 Å². The summed E-state index contributed by atoms with van der Waals surface area (Å²) in [6, 6.07) is 1.47. The van der Waals surface area contributed by atoms with Crippen molar-refractivity contribution in [3.8, 4) is 0 Å². The van der Waals surface area contributed by atoms with E-state index in [0.717, 1.165) is 6.07 Å². The molecule has 0 radical (unpaired) electrons. The van der Waals surface area contributed by atoms with Gasteiger partial charge in [-0.1, -0.05) is 0 Å². The van der Waals surface area contributed by atoms with E-state index >= 15 is 0 Å². The van der Waals surface area contributed by atoms with Gasteiger partial charge < -0.3 is 0 Å². The second-order valence-electron chi connectivity index (χ2n) is 2.35. The summed E-state index contributed by atoms with van der Waals surface area (Å²) in [6.07, 6.45) is -3.09. The summed E-state index contributed by atoms with van der Waals surface area (Å²) in [5.41, 5.74) is -1.57. The normalized spacial score (nSPS) is 10.6. The van der Waals surface area contributed by atoms with Crippen LogP contribution in [0, 0.1) is 15.9 Å². The Bertz CT molecular complexity index is 383. The van der Waals surface area contributed by atoms with Crippen LogP contribution in [0.2, 0.25) is 0 Å². The number of rotatable bonds is 2. The van der Waals surface area contributed by atoms with Crippen molar-refractivity contribution in [2.24, 2.45) is 0 Å². The summed E-state index contributed by atoms with van der Waals surface area (Å²) in [5, 5.41) is 10.3. The molecular weight excluding hydrogens is 267 g/mol. The minimum atomic E-state index is -3.09. The molecule has 14 heavy (non-hydrogen) atoms. The highest BCUT2D eigenvalue weighted by molar-refractivity contribution is 9.10. The SMILES string of the molecule is O=[N+]([O-])c1ccc(F)c(C(F)F)c1Br. The highest BCUT2D eigenvalue weighted by Gasteiger charge is 2.24. The molecule has 0 unspecified atom stereocenters. The summed E-state index contributed by atoms with van der Waals surface area (Å²) >= 11 is 2.57. The topological polar surface area (TPSA) is 43.1 Å². The molecule has 7 heteroatoms. The zero-order chi connectivity index (χ0) is 10.9. The molecule has 0 fully saturated rings. The predicted molar refractivity (Wildman–Crippen MR) is 45.7 cm³/mol. The number of hydrogen-bond donors (Lipinski definition) is 0. The van der Waals surface area contributed by atoms with E-state index in [1.54, 1.807) is 0 Å². The number of nitrogens with zero attached hydrogens (tertiary/aromatic N) is 1. The fraction of sp³-hybridized carbons (Fsp3) is 0.143. The summed E-state index contributed by atoms with van der Waals surface area (Å²) in [4.78, 5) is 9.45. The molecule has 0 saturated carbocycles. The molecule has 0 amide bonds. The standard InChI is InChI=1S/C7H3BrF3NO2/c8-6-4(12(13)14)2-1-3(9)5(6)7(10)11/h1-2,7H. The first-order valence-corrected chi connectivity index (χ1v) is 4.15. The average Bonchev–Trinajstić information content (AvgIpc) is 2.02. The van der Waals surface area contributed by atoms with Crippen LogP contribution in [-0.4, -0.2) is 4.92 Å². The van der Waals surface area contributed by atoms with Crippen molar-refractivity contribution in [2.75, 3.05) is 0 Å². The van der Waals surface area contributed by atoms with Crippen LogP contribution in [0.15, 0.2) is 16.6 Å². The van der Waals surface area contributed by atoms with Crippen LogP contribution >= 0.6 is 15.9 Å². The first-order chi connectivity index (χ1) is 6.45. The van der Waals surface area contributed by atoms with Crippen LogP contribution < -0.4 is 0 Å². The zero-order valence-electron chi connectivity index (χ0n) is 6.51. The molecule has 1 aromatic carbocycles. The van der Waals surface area contributed by atoms with Gasteiger partial charge in [0.1, 0.15) is 10.3 Å². The minimum absolute atomic E-state index is 0.516. The van der Waals surface area contributed by atoms with Gasteiger partial charge in [0.05, 0.1) is 10.5 Å². The Hall–Kier alpha value is -1.11. The van der Waals surface area contributed by atoms with Gasteiger partial charge in [-0.2, -0.15) is 0 Å². The Morgan fingerprint density at radius 3 is 2.43 bits per heavy atom. The highest BCUT2D eigenvalue weighted by Crippen LogP contribution is 2.36. The van der Waals surface area contributed by atoms with E-state index in [4.69, 9.17) is 0 Å². The third-order valence-electron chi connectivity index (χ3n) is 1.52. The van der Waals surface area contributed by atoms with Crippen molar-refractivity contribution in [3.05, 3.63) is 38.1 Å². The molecule has 0 aromatic heterocycles. The van der Waals surface area contributed by atoms with Gasteiger partial charge in [-0.15, -0.1) is 0 Å². The molecular formula is C7H3BrF3NO2. The van der Waals surface area contributed by atoms with Gasteiger partial charge >= 0.3 is 0 Å². The number of halogens is 4. The maximum atomic E-state index is 12.8. The van der Waals surface area contributed by atoms with Crippen LogP contribution in [0.1, 0.15) is 12.0 Å². The van der Waals surface area contributed by atoms with E-state index in [1.807, 2.05) is 0 Å². The summed E-state index contributed by atoms with van der Waals surface area (Å²) in [6.45, 7) is 0. The van der Waals surface area contributed by atoms with Crippen LogP contribution in [0.3, 0.4) is 0 Å². The van der Waals surface area contributed by atoms with Gasteiger partial charge in [0.15, 0.2) is 0 Å². The number of alkyl halides is 2. The van der Waals surface area contributed by atoms with Crippen molar-refractivity contribution in [1.29, 1.82) is 0 Å². The maximum Gasteiger partial charge on any atom is 0.284 e. The molecule has 0 heterocycles. The monoisotopic (exact) mass is 269 g/mol. The van der Waals surface area contributed by atoms with Crippen molar-refractivity contribution in [3.63, 3.8) is 0 Å². The van der Waals surface area contributed by atoms with Crippen LogP contribution in [0.4, 0.5) is 18.9 Å². The first-order valence-electron chi connectivity index (χ1n) is 3.35. The van der Waals surface area contributed by atoms with E-state index in [9.17, 15) is 23.3 Å². The van der Waals surface area contributed by atoms with Gasteiger partial charge in [-0.3, -0.25) is 10.1 Å². The molecule has 0 bridgehead atoms. The molecule has 0 aliphatic carbocycles. The third kappa shape index (κ3) is 1.87. The predicted octanol–water partition coefficient (Wildman–Crippen LogP) is 3.43. The quantitative estimate of drug-likeness (QED) is 0.610. The van der Waals surface area contributed by atoms with E-state index < -0.39 is 32.9 Å². The molecule has 1 aromatic rings. The fourth-order valence-corrected chi connectivity index (χ4v) is 1.54. The average molecular weight is 270 g/mol. The Morgan fingerprint density at radius 1 is 1.43 bits per heavy atom. The first kappa shape index (κ1) is 11.0. The molecule has 3 nitrogen and oxygen atoms in total.